The molecular formula is C14H16N2O3. The van der Waals surface area contributed by atoms with Gasteiger partial charge >= 0.3 is 5.63 Å². The molecule has 0 spiro atoms. The smallest absolute Gasteiger partial charge is 0.336 e. The van der Waals surface area contributed by atoms with Crippen LogP contribution in [-0.2, 0) is 7.05 Å². The predicted octanol–water partition coefficient (Wildman–Crippen LogP) is 1.95. The first-order valence-corrected chi connectivity index (χ1v) is 6.10. The van der Waals surface area contributed by atoms with Gasteiger partial charge in [0.1, 0.15) is 5.56 Å². The van der Waals surface area contributed by atoms with E-state index >= 15 is 0 Å². The zero-order chi connectivity index (χ0) is 14.0. The van der Waals surface area contributed by atoms with Crippen LogP contribution in [0.25, 0.3) is 0 Å². The van der Waals surface area contributed by atoms with Gasteiger partial charge < -0.3 is 9.42 Å². The van der Waals surface area contributed by atoms with Crippen LogP contribution < -0.4 is 10.5 Å². The Labute approximate surface area is 111 Å². The van der Waals surface area contributed by atoms with Gasteiger partial charge in [0.15, 0.2) is 0 Å². The average Bonchev–Trinajstić information content (AvgIpc) is 2.65. The Morgan fingerprint density at radius 1 is 1.32 bits per heavy atom. The van der Waals surface area contributed by atoms with E-state index < -0.39 is 5.63 Å². The monoisotopic (exact) mass is 260 g/mol. The summed E-state index contributed by atoms with van der Waals surface area (Å²) in [6, 6.07) is 9.25. The molecule has 0 unspecified atom stereocenters. The number of hydrogen-bond donors (Lipinski definition) is 0. The lowest BCUT2D eigenvalue weighted by Gasteiger charge is -2.20. The molecule has 0 bridgehead atoms. The molecular weight excluding hydrogens is 244 g/mol. The van der Waals surface area contributed by atoms with E-state index in [1.807, 2.05) is 37.3 Å². The number of nitrogens with zero attached hydrogens (tertiary/aromatic N) is 2. The summed E-state index contributed by atoms with van der Waals surface area (Å²) in [5.41, 5.74) is 0.787. The van der Waals surface area contributed by atoms with Crippen molar-refractivity contribution in [1.29, 1.82) is 0 Å². The molecule has 0 fully saturated rings. The van der Waals surface area contributed by atoms with Gasteiger partial charge in [-0.05, 0) is 26.0 Å². The molecule has 0 N–H and O–H groups in total. The van der Waals surface area contributed by atoms with Crippen LogP contribution in [0.2, 0.25) is 0 Å². The fourth-order valence-corrected chi connectivity index (χ4v) is 1.97. The van der Waals surface area contributed by atoms with Gasteiger partial charge in [0.05, 0.1) is 5.69 Å². The lowest BCUT2D eigenvalue weighted by atomic mass is 10.2. The number of aryl methyl sites for hydroxylation is 1. The highest BCUT2D eigenvalue weighted by Gasteiger charge is 2.24. The molecule has 0 aliphatic rings. The summed E-state index contributed by atoms with van der Waals surface area (Å²) in [4.78, 5) is 25.8. The second-order valence-corrected chi connectivity index (χ2v) is 4.22. The van der Waals surface area contributed by atoms with Crippen LogP contribution in [0.4, 0.5) is 5.69 Å². The third-order valence-electron chi connectivity index (χ3n) is 3.10. The summed E-state index contributed by atoms with van der Waals surface area (Å²) in [5, 5.41) is 0. The Hall–Kier alpha value is -2.30. The van der Waals surface area contributed by atoms with Crippen molar-refractivity contribution in [2.45, 2.75) is 13.8 Å². The van der Waals surface area contributed by atoms with Gasteiger partial charge in [0.2, 0.25) is 0 Å². The maximum absolute atomic E-state index is 12.5. The highest BCUT2D eigenvalue weighted by atomic mass is 16.5. The number of hydrogen-bond acceptors (Lipinski definition) is 3. The standard InChI is InChI=1S/C14H16N2O3/c1-4-16(11-8-6-5-7-9-11)13(17)12-10(2)15(3)19-14(12)18/h5-9H,4H2,1-3H3. The number of amides is 1. The van der Waals surface area contributed by atoms with Crippen molar-refractivity contribution >= 4 is 11.6 Å². The van der Waals surface area contributed by atoms with Crippen molar-refractivity contribution in [3.63, 3.8) is 0 Å². The first-order valence-electron chi connectivity index (χ1n) is 6.10. The van der Waals surface area contributed by atoms with Gasteiger partial charge in [-0.15, -0.1) is 0 Å². The van der Waals surface area contributed by atoms with E-state index in [4.69, 9.17) is 4.52 Å². The van der Waals surface area contributed by atoms with Crippen LogP contribution >= 0.6 is 0 Å². The van der Waals surface area contributed by atoms with E-state index in [0.29, 0.717) is 12.2 Å². The number of carbonyl (C=O) groups is 1. The summed E-state index contributed by atoms with van der Waals surface area (Å²) < 4.78 is 6.22. The molecule has 2 aromatic rings. The number of aromatic nitrogens is 1. The lowest BCUT2D eigenvalue weighted by Crippen LogP contribution is -2.33. The number of anilines is 1. The van der Waals surface area contributed by atoms with Gasteiger partial charge in [-0.2, -0.15) is 0 Å². The Morgan fingerprint density at radius 2 is 1.95 bits per heavy atom. The van der Waals surface area contributed by atoms with Crippen LogP contribution in [0.3, 0.4) is 0 Å². The van der Waals surface area contributed by atoms with Crippen molar-refractivity contribution in [2.24, 2.45) is 7.05 Å². The van der Waals surface area contributed by atoms with E-state index in [-0.39, 0.29) is 11.5 Å². The molecule has 2 rings (SSSR count). The maximum atomic E-state index is 12.5. The fraction of sp³-hybridized carbons (Fsp3) is 0.286. The molecule has 0 radical (unpaired) electrons. The van der Waals surface area contributed by atoms with E-state index in [0.717, 1.165) is 5.69 Å². The van der Waals surface area contributed by atoms with Crippen molar-refractivity contribution in [3.05, 3.63) is 52.0 Å². The van der Waals surface area contributed by atoms with Crippen molar-refractivity contribution < 1.29 is 9.32 Å². The first kappa shape index (κ1) is 13.1. The van der Waals surface area contributed by atoms with Crippen molar-refractivity contribution in [2.75, 3.05) is 11.4 Å². The number of para-hydroxylation sites is 1. The summed E-state index contributed by atoms with van der Waals surface area (Å²) in [6.07, 6.45) is 0. The van der Waals surface area contributed by atoms with Gasteiger partial charge in [0.25, 0.3) is 5.91 Å². The Kier molecular flexibility index (Phi) is 3.55. The van der Waals surface area contributed by atoms with Crippen LogP contribution in [0.1, 0.15) is 23.0 Å². The van der Waals surface area contributed by atoms with E-state index in [9.17, 15) is 9.59 Å². The molecule has 19 heavy (non-hydrogen) atoms. The van der Waals surface area contributed by atoms with Crippen LogP contribution in [0.15, 0.2) is 39.6 Å². The lowest BCUT2D eigenvalue weighted by molar-refractivity contribution is 0.0985. The molecule has 0 saturated carbocycles. The number of benzene rings is 1. The van der Waals surface area contributed by atoms with Crippen molar-refractivity contribution in [3.8, 4) is 0 Å². The Morgan fingerprint density at radius 3 is 2.42 bits per heavy atom. The minimum atomic E-state index is -0.598. The van der Waals surface area contributed by atoms with Crippen LogP contribution in [0, 0.1) is 6.92 Å². The molecule has 5 heteroatoms. The number of carbonyl (C=O) groups excluding carboxylic acids is 1. The van der Waals surface area contributed by atoms with E-state index in [2.05, 4.69) is 0 Å². The summed E-state index contributed by atoms with van der Waals surface area (Å²) in [6.45, 7) is 4.04. The summed E-state index contributed by atoms with van der Waals surface area (Å²) >= 11 is 0. The van der Waals surface area contributed by atoms with Crippen molar-refractivity contribution in [1.82, 2.24) is 4.74 Å². The zero-order valence-electron chi connectivity index (χ0n) is 11.2. The largest absolute Gasteiger partial charge is 0.370 e. The normalized spacial score (nSPS) is 10.5. The molecule has 0 aliphatic carbocycles. The highest BCUT2D eigenvalue weighted by Crippen LogP contribution is 2.16. The summed E-state index contributed by atoms with van der Waals surface area (Å²) in [5.74, 6) is -0.333. The maximum Gasteiger partial charge on any atom is 0.370 e. The van der Waals surface area contributed by atoms with Crippen LogP contribution in [0.5, 0.6) is 0 Å². The SMILES string of the molecule is CCN(C(=O)c1c(C)n(C)oc1=O)c1ccccc1. The van der Waals surface area contributed by atoms with E-state index in [1.54, 1.807) is 18.9 Å². The van der Waals surface area contributed by atoms with Crippen LogP contribution in [-0.4, -0.2) is 17.2 Å². The van der Waals surface area contributed by atoms with Gasteiger partial charge in [0, 0.05) is 19.3 Å². The Balaban J connectivity index is 2.45. The third kappa shape index (κ3) is 2.31. The fourth-order valence-electron chi connectivity index (χ4n) is 1.97. The molecule has 0 atom stereocenters. The summed E-state index contributed by atoms with van der Waals surface area (Å²) in [7, 11) is 1.60. The van der Waals surface area contributed by atoms with Gasteiger partial charge in [-0.25, -0.2) is 9.53 Å². The van der Waals surface area contributed by atoms with E-state index in [1.165, 1.54) is 4.74 Å². The topological polar surface area (TPSA) is 55.5 Å². The molecule has 1 heterocycles. The molecule has 0 aliphatic heterocycles. The molecule has 1 aromatic heterocycles. The first-order chi connectivity index (χ1) is 9.06. The van der Waals surface area contributed by atoms with Gasteiger partial charge in [-0.1, -0.05) is 18.2 Å². The molecule has 100 valence electrons. The van der Waals surface area contributed by atoms with Gasteiger partial charge in [-0.3, -0.25) is 4.79 Å². The third-order valence-corrected chi connectivity index (χ3v) is 3.10. The minimum absolute atomic E-state index is 0.0909. The highest BCUT2D eigenvalue weighted by molar-refractivity contribution is 6.06. The predicted molar refractivity (Wildman–Crippen MR) is 72.5 cm³/mol. The molecule has 5 nitrogen and oxygen atoms in total. The quantitative estimate of drug-likeness (QED) is 0.847. The molecule has 1 amide bonds. The molecule has 0 saturated heterocycles. The second-order valence-electron chi connectivity index (χ2n) is 4.22. The molecule has 1 aromatic carbocycles. The number of rotatable bonds is 3. The minimum Gasteiger partial charge on any atom is -0.336 e. The zero-order valence-corrected chi connectivity index (χ0v) is 11.2. The Bertz CT molecular complexity index is 640. The second kappa shape index (κ2) is 5.14. The average molecular weight is 260 g/mol.